The molecular formula is C16H22N2O4. The fourth-order valence-corrected chi connectivity index (χ4v) is 3.15. The minimum Gasteiger partial charge on any atom is -0.347 e. The van der Waals surface area contributed by atoms with E-state index in [0.29, 0.717) is 6.61 Å². The average Bonchev–Trinajstić information content (AvgIpc) is 2.88. The predicted molar refractivity (Wildman–Crippen MR) is 81.7 cm³/mol. The van der Waals surface area contributed by atoms with Gasteiger partial charge in [0.25, 0.3) is 5.69 Å². The van der Waals surface area contributed by atoms with Crippen LogP contribution in [0.5, 0.6) is 0 Å². The van der Waals surface area contributed by atoms with Gasteiger partial charge in [0.15, 0.2) is 5.79 Å². The molecule has 6 heteroatoms. The number of nitrogens with zero attached hydrogens (tertiary/aromatic N) is 2. The van der Waals surface area contributed by atoms with Crippen LogP contribution in [0.25, 0.3) is 0 Å². The van der Waals surface area contributed by atoms with Crippen LogP contribution in [0, 0.1) is 10.1 Å². The lowest BCUT2D eigenvalue weighted by atomic mass is 10.0. The summed E-state index contributed by atoms with van der Waals surface area (Å²) in [6, 6.07) is 6.83. The first-order valence-corrected chi connectivity index (χ1v) is 7.84. The van der Waals surface area contributed by atoms with Gasteiger partial charge >= 0.3 is 0 Å². The van der Waals surface area contributed by atoms with Crippen molar-refractivity contribution in [1.29, 1.82) is 0 Å². The molecule has 1 atom stereocenters. The van der Waals surface area contributed by atoms with E-state index in [1.807, 2.05) is 12.1 Å². The van der Waals surface area contributed by atoms with Crippen LogP contribution in [0.1, 0.15) is 25.3 Å². The number of benzene rings is 1. The molecular weight excluding hydrogens is 284 g/mol. The van der Waals surface area contributed by atoms with Gasteiger partial charge in [-0.1, -0.05) is 12.1 Å². The number of rotatable bonds is 4. The Hall–Kier alpha value is -1.50. The summed E-state index contributed by atoms with van der Waals surface area (Å²) in [4.78, 5) is 12.7. The van der Waals surface area contributed by atoms with Crippen molar-refractivity contribution in [3.63, 3.8) is 0 Å². The largest absolute Gasteiger partial charge is 0.347 e. The molecule has 22 heavy (non-hydrogen) atoms. The van der Waals surface area contributed by atoms with Crippen LogP contribution >= 0.6 is 0 Å². The third-order valence-corrected chi connectivity index (χ3v) is 4.48. The van der Waals surface area contributed by atoms with Crippen molar-refractivity contribution in [2.75, 3.05) is 26.2 Å². The lowest BCUT2D eigenvalue weighted by Crippen LogP contribution is -2.45. The fourth-order valence-electron chi connectivity index (χ4n) is 3.15. The summed E-state index contributed by atoms with van der Waals surface area (Å²) in [7, 11) is 0. The maximum atomic E-state index is 10.6. The highest BCUT2D eigenvalue weighted by molar-refractivity contribution is 5.32. The Morgan fingerprint density at radius 3 is 2.55 bits per heavy atom. The van der Waals surface area contributed by atoms with E-state index >= 15 is 0 Å². The predicted octanol–water partition coefficient (Wildman–Crippen LogP) is 2.36. The third kappa shape index (κ3) is 3.45. The number of nitro groups is 1. The molecule has 2 fully saturated rings. The number of hydrogen-bond acceptors (Lipinski definition) is 5. The first-order chi connectivity index (χ1) is 10.6. The third-order valence-electron chi connectivity index (χ3n) is 4.48. The minimum atomic E-state index is -0.365. The summed E-state index contributed by atoms with van der Waals surface area (Å²) in [6.45, 7) is 5.65. The van der Waals surface area contributed by atoms with E-state index in [0.717, 1.165) is 44.5 Å². The number of ether oxygens (including phenoxy) is 2. The van der Waals surface area contributed by atoms with Crippen molar-refractivity contribution in [3.8, 4) is 0 Å². The summed E-state index contributed by atoms with van der Waals surface area (Å²) in [6.07, 6.45) is 2.94. The van der Waals surface area contributed by atoms with Gasteiger partial charge in [-0.2, -0.15) is 0 Å². The zero-order valence-corrected chi connectivity index (χ0v) is 12.9. The monoisotopic (exact) mass is 306 g/mol. The Balaban J connectivity index is 1.46. The van der Waals surface area contributed by atoms with E-state index in [9.17, 15) is 10.1 Å². The lowest BCUT2D eigenvalue weighted by Gasteiger charge is -2.37. The molecule has 0 unspecified atom stereocenters. The molecule has 3 rings (SSSR count). The highest BCUT2D eigenvalue weighted by atomic mass is 16.7. The van der Waals surface area contributed by atoms with Crippen LogP contribution in [-0.4, -0.2) is 48.0 Å². The number of piperidine rings is 1. The molecule has 6 nitrogen and oxygen atoms in total. The Labute approximate surface area is 130 Å². The number of nitro benzene ring substituents is 1. The van der Waals surface area contributed by atoms with E-state index in [1.165, 1.54) is 0 Å². The van der Waals surface area contributed by atoms with Gasteiger partial charge in [0, 0.05) is 44.6 Å². The molecule has 1 aromatic carbocycles. The highest BCUT2D eigenvalue weighted by Gasteiger charge is 2.42. The second-order valence-electron chi connectivity index (χ2n) is 6.17. The van der Waals surface area contributed by atoms with Gasteiger partial charge in [-0.3, -0.25) is 10.1 Å². The highest BCUT2D eigenvalue weighted by Crippen LogP contribution is 2.33. The van der Waals surface area contributed by atoms with E-state index in [2.05, 4.69) is 11.8 Å². The van der Waals surface area contributed by atoms with Gasteiger partial charge in [0.05, 0.1) is 17.6 Å². The second-order valence-corrected chi connectivity index (χ2v) is 6.17. The second kappa shape index (κ2) is 6.32. The van der Waals surface area contributed by atoms with Crippen LogP contribution in [0.2, 0.25) is 0 Å². The molecule has 2 aliphatic rings. The maximum Gasteiger partial charge on any atom is 0.269 e. The first-order valence-electron chi connectivity index (χ1n) is 7.84. The topological polar surface area (TPSA) is 64.8 Å². The molecule has 2 saturated heterocycles. The van der Waals surface area contributed by atoms with Crippen molar-refractivity contribution in [3.05, 3.63) is 39.9 Å². The molecule has 0 amide bonds. The quantitative estimate of drug-likeness (QED) is 0.631. The smallest absolute Gasteiger partial charge is 0.269 e. The van der Waals surface area contributed by atoms with Crippen molar-refractivity contribution in [1.82, 2.24) is 4.90 Å². The Morgan fingerprint density at radius 1 is 1.32 bits per heavy atom. The Morgan fingerprint density at radius 2 is 2.00 bits per heavy atom. The molecule has 0 saturated carbocycles. The number of likely N-dealkylation sites (tertiary alicyclic amines) is 1. The van der Waals surface area contributed by atoms with E-state index in [-0.39, 0.29) is 22.5 Å². The SMILES string of the molecule is C[C@H]1COC2(CCN(CCc3ccc([N+](=O)[O-])cc3)CC2)O1. The summed E-state index contributed by atoms with van der Waals surface area (Å²) in [5.41, 5.74) is 1.28. The zero-order chi connectivity index (χ0) is 15.6. The fraction of sp³-hybridized carbons (Fsp3) is 0.625. The Bertz CT molecular complexity index is 523. The maximum absolute atomic E-state index is 10.6. The van der Waals surface area contributed by atoms with Crippen LogP contribution < -0.4 is 0 Å². The molecule has 1 spiro atoms. The van der Waals surface area contributed by atoms with Gasteiger partial charge in [0.1, 0.15) is 0 Å². The van der Waals surface area contributed by atoms with Crippen molar-refractivity contribution < 1.29 is 14.4 Å². The van der Waals surface area contributed by atoms with Crippen molar-refractivity contribution >= 4 is 5.69 Å². The molecule has 120 valence electrons. The van der Waals surface area contributed by atoms with Crippen LogP contribution in [0.3, 0.4) is 0 Å². The number of hydrogen-bond donors (Lipinski definition) is 0. The molecule has 0 bridgehead atoms. The molecule has 1 aromatic rings. The van der Waals surface area contributed by atoms with Crippen LogP contribution in [0.15, 0.2) is 24.3 Å². The van der Waals surface area contributed by atoms with E-state index in [1.54, 1.807) is 12.1 Å². The van der Waals surface area contributed by atoms with Gasteiger partial charge in [-0.15, -0.1) is 0 Å². The molecule has 0 radical (unpaired) electrons. The molecule has 2 aliphatic heterocycles. The van der Waals surface area contributed by atoms with Gasteiger partial charge in [-0.25, -0.2) is 0 Å². The van der Waals surface area contributed by atoms with Crippen LogP contribution in [-0.2, 0) is 15.9 Å². The first kappa shape index (κ1) is 15.4. The summed E-state index contributed by atoms with van der Waals surface area (Å²) < 4.78 is 11.8. The lowest BCUT2D eigenvalue weighted by molar-refractivity contribution is -0.384. The van der Waals surface area contributed by atoms with Crippen LogP contribution in [0.4, 0.5) is 5.69 Å². The molecule has 2 heterocycles. The van der Waals surface area contributed by atoms with Crippen molar-refractivity contribution in [2.45, 2.75) is 38.1 Å². The normalized spacial score (nSPS) is 24.7. The van der Waals surface area contributed by atoms with Crippen molar-refractivity contribution in [2.24, 2.45) is 0 Å². The summed E-state index contributed by atoms with van der Waals surface area (Å²) in [5, 5.41) is 10.6. The summed E-state index contributed by atoms with van der Waals surface area (Å²) in [5.74, 6) is -0.344. The molecule has 0 aromatic heterocycles. The summed E-state index contributed by atoms with van der Waals surface area (Å²) >= 11 is 0. The average molecular weight is 306 g/mol. The van der Waals surface area contributed by atoms with Gasteiger partial charge in [-0.05, 0) is 18.9 Å². The molecule has 0 N–H and O–H groups in total. The number of non-ortho nitro benzene ring substituents is 1. The van der Waals surface area contributed by atoms with Gasteiger partial charge < -0.3 is 14.4 Å². The Kier molecular flexibility index (Phi) is 4.42. The minimum absolute atomic E-state index is 0.147. The standard InChI is InChI=1S/C16H22N2O4/c1-13-12-21-16(22-13)7-10-17(11-8-16)9-6-14-2-4-15(5-3-14)18(19)20/h2-5,13H,6-12H2,1H3/t13-/m0/s1. The van der Waals surface area contributed by atoms with E-state index < -0.39 is 0 Å². The van der Waals surface area contributed by atoms with E-state index in [4.69, 9.17) is 9.47 Å². The zero-order valence-electron chi connectivity index (χ0n) is 12.9. The molecule has 0 aliphatic carbocycles. The van der Waals surface area contributed by atoms with Gasteiger partial charge in [0.2, 0.25) is 0 Å².